The second-order valence-corrected chi connectivity index (χ2v) is 1.47. The van der Waals surface area contributed by atoms with Crippen molar-refractivity contribution in [3.8, 4) is 0 Å². The second-order valence-electron chi connectivity index (χ2n) is 1.47. The predicted octanol–water partition coefficient (Wildman–Crippen LogP) is 1.90. The molecule has 1 aromatic rings. The van der Waals surface area contributed by atoms with Gasteiger partial charge in [-0.3, -0.25) is 8.78 Å². The van der Waals surface area contributed by atoms with E-state index < -0.39 is 17.5 Å². The molecule has 0 aliphatic carbocycles. The molecule has 0 saturated carbocycles. The van der Waals surface area contributed by atoms with Crippen LogP contribution in [0.15, 0.2) is 12.1 Å². The van der Waals surface area contributed by atoms with Crippen molar-refractivity contribution < 1.29 is 30.2 Å². The summed E-state index contributed by atoms with van der Waals surface area (Å²) >= 11 is 0. The molecule has 0 aliphatic heterocycles. The first kappa shape index (κ1) is 9.53. The van der Waals surface area contributed by atoms with E-state index in [1.165, 1.54) is 0 Å². The molecule has 0 unspecified atom stereocenters. The molecule has 1 rings (SSSR count). The van der Waals surface area contributed by atoms with Gasteiger partial charge in [0.2, 0.25) is 0 Å². The van der Waals surface area contributed by atoms with Gasteiger partial charge in [-0.25, -0.2) is 4.39 Å². The quantitative estimate of drug-likeness (QED) is 0.330. The van der Waals surface area contributed by atoms with Crippen LogP contribution in [0, 0.1) is 23.5 Å². The predicted molar refractivity (Wildman–Crippen MR) is 25.2 cm³/mol. The number of hydrogen-bond donors (Lipinski definition) is 0. The van der Waals surface area contributed by atoms with Gasteiger partial charge in [-0.1, -0.05) is 0 Å². The van der Waals surface area contributed by atoms with Gasteiger partial charge in [0.05, 0.1) is 5.82 Å². The van der Waals surface area contributed by atoms with Gasteiger partial charge in [0.15, 0.2) is 0 Å². The fourth-order valence-electron chi connectivity index (χ4n) is 0.429. The molecular formula is C6H2F3Fe-. The first-order valence-corrected chi connectivity index (χ1v) is 2.22. The van der Waals surface area contributed by atoms with Crippen LogP contribution in [0.2, 0.25) is 0 Å². The Kier molecular flexibility index (Phi) is 3.47. The van der Waals surface area contributed by atoms with E-state index in [0.29, 0.717) is 0 Å². The Labute approximate surface area is 66.5 Å². The van der Waals surface area contributed by atoms with Crippen LogP contribution in [0.1, 0.15) is 0 Å². The molecule has 1 aromatic carbocycles. The van der Waals surface area contributed by atoms with Crippen molar-refractivity contribution in [2.24, 2.45) is 0 Å². The maximum absolute atomic E-state index is 12.0. The van der Waals surface area contributed by atoms with E-state index in [1.807, 2.05) is 0 Å². The Morgan fingerprint density at radius 3 is 1.70 bits per heavy atom. The van der Waals surface area contributed by atoms with Crippen LogP contribution in [-0.2, 0) is 17.1 Å². The minimum absolute atomic E-state index is 0. The smallest absolute Gasteiger partial charge is 0.0836 e. The topological polar surface area (TPSA) is 0 Å². The number of halogens is 3. The molecule has 56 valence electrons. The summed E-state index contributed by atoms with van der Waals surface area (Å²) in [7, 11) is 0. The third-order valence-electron chi connectivity index (χ3n) is 0.839. The molecule has 0 saturated heterocycles. The molecule has 0 aliphatic rings. The van der Waals surface area contributed by atoms with Crippen LogP contribution in [0.4, 0.5) is 13.2 Å². The number of hydrogen-bond acceptors (Lipinski definition) is 0. The minimum Gasteiger partial charge on any atom is -0.281 e. The first-order chi connectivity index (χ1) is 4.22. The van der Waals surface area contributed by atoms with Crippen LogP contribution in [-0.4, -0.2) is 0 Å². The van der Waals surface area contributed by atoms with Crippen molar-refractivity contribution in [1.29, 1.82) is 0 Å². The average molecular weight is 187 g/mol. The monoisotopic (exact) mass is 187 g/mol. The zero-order valence-corrected chi connectivity index (χ0v) is 5.75. The molecule has 0 aromatic heterocycles. The maximum atomic E-state index is 12.0. The van der Waals surface area contributed by atoms with Gasteiger partial charge in [0, 0.05) is 28.7 Å². The molecule has 0 bridgehead atoms. The molecule has 0 atom stereocenters. The summed E-state index contributed by atoms with van der Waals surface area (Å²) in [5.74, 6) is -3.88. The molecule has 0 amide bonds. The summed E-state index contributed by atoms with van der Waals surface area (Å²) < 4.78 is 35.8. The van der Waals surface area contributed by atoms with E-state index in [9.17, 15) is 13.2 Å². The molecule has 0 radical (unpaired) electrons. The van der Waals surface area contributed by atoms with Gasteiger partial charge < -0.3 is 0 Å². The Bertz CT molecular complexity index is 204. The van der Waals surface area contributed by atoms with Gasteiger partial charge in [-0.2, -0.15) is 6.07 Å². The van der Waals surface area contributed by atoms with Crippen molar-refractivity contribution in [2.45, 2.75) is 0 Å². The first-order valence-electron chi connectivity index (χ1n) is 2.22. The van der Waals surface area contributed by atoms with Crippen molar-refractivity contribution in [3.05, 3.63) is 35.7 Å². The van der Waals surface area contributed by atoms with E-state index in [0.717, 1.165) is 12.1 Å². The summed E-state index contributed by atoms with van der Waals surface area (Å²) in [5.41, 5.74) is 0. The van der Waals surface area contributed by atoms with E-state index in [-0.39, 0.29) is 17.1 Å². The molecule has 0 heterocycles. The Morgan fingerprint density at radius 1 is 1.00 bits per heavy atom. The zero-order valence-electron chi connectivity index (χ0n) is 4.64. The standard InChI is InChI=1S/C6H2F3.Fe/c7-4-2-1-3-5(8)6(4)9;/h2-3H;/q-1;. The van der Waals surface area contributed by atoms with E-state index in [4.69, 9.17) is 0 Å². The summed E-state index contributed by atoms with van der Waals surface area (Å²) in [6.07, 6.45) is 0. The fraction of sp³-hybridized carbons (Fsp3) is 0. The molecule has 0 nitrogen and oxygen atoms in total. The van der Waals surface area contributed by atoms with E-state index in [2.05, 4.69) is 6.07 Å². The van der Waals surface area contributed by atoms with Crippen LogP contribution >= 0.6 is 0 Å². The summed E-state index contributed by atoms with van der Waals surface area (Å²) in [5, 5.41) is 0. The Hall–Kier alpha value is -0.471. The maximum Gasteiger partial charge on any atom is 0.0836 e. The van der Waals surface area contributed by atoms with Gasteiger partial charge in [0.25, 0.3) is 0 Å². The molecule has 0 spiro atoms. The largest absolute Gasteiger partial charge is 0.281 e. The van der Waals surface area contributed by atoms with E-state index in [1.54, 1.807) is 0 Å². The summed E-state index contributed by atoms with van der Waals surface area (Å²) in [6.45, 7) is 0. The third kappa shape index (κ3) is 1.75. The van der Waals surface area contributed by atoms with Crippen LogP contribution < -0.4 is 0 Å². The molecule has 10 heavy (non-hydrogen) atoms. The van der Waals surface area contributed by atoms with Crippen LogP contribution in [0.3, 0.4) is 0 Å². The number of rotatable bonds is 0. The van der Waals surface area contributed by atoms with E-state index >= 15 is 0 Å². The third-order valence-corrected chi connectivity index (χ3v) is 0.839. The van der Waals surface area contributed by atoms with Crippen LogP contribution in [0.5, 0.6) is 0 Å². The molecule has 4 heteroatoms. The van der Waals surface area contributed by atoms with Crippen molar-refractivity contribution >= 4 is 0 Å². The summed E-state index contributed by atoms with van der Waals surface area (Å²) in [4.78, 5) is 0. The average Bonchev–Trinajstić information content (AvgIpc) is 1.83. The zero-order chi connectivity index (χ0) is 6.85. The van der Waals surface area contributed by atoms with Gasteiger partial charge >= 0.3 is 0 Å². The SMILES string of the molecule is Fc1c[c-]cc(F)c1F.[Fe]. The number of benzene rings is 1. The molecular weight excluding hydrogens is 185 g/mol. The molecule has 0 N–H and O–H groups in total. The van der Waals surface area contributed by atoms with Gasteiger partial charge in [-0.05, 0) is 0 Å². The summed E-state index contributed by atoms with van der Waals surface area (Å²) in [6, 6.07) is 3.55. The fourth-order valence-corrected chi connectivity index (χ4v) is 0.429. The normalized spacial score (nSPS) is 8.70. The molecule has 0 fully saturated rings. The van der Waals surface area contributed by atoms with Crippen molar-refractivity contribution in [2.75, 3.05) is 0 Å². The Balaban J connectivity index is 0.000000810. The second kappa shape index (κ2) is 3.64. The van der Waals surface area contributed by atoms with Crippen LogP contribution in [0.25, 0.3) is 0 Å². The van der Waals surface area contributed by atoms with Gasteiger partial charge in [0.1, 0.15) is 0 Å². The van der Waals surface area contributed by atoms with Gasteiger partial charge in [-0.15, -0.1) is 12.1 Å². The minimum atomic E-state index is -1.45. The Morgan fingerprint density at radius 2 is 1.40 bits per heavy atom. The van der Waals surface area contributed by atoms with Crippen molar-refractivity contribution in [3.63, 3.8) is 0 Å². The van der Waals surface area contributed by atoms with Crippen molar-refractivity contribution in [1.82, 2.24) is 0 Å².